The van der Waals surface area contributed by atoms with Crippen LogP contribution in [0.3, 0.4) is 0 Å². The van der Waals surface area contributed by atoms with E-state index in [0.29, 0.717) is 6.54 Å². The summed E-state index contributed by atoms with van der Waals surface area (Å²) in [5.41, 5.74) is 1.94. The molecule has 0 aliphatic carbocycles. The molecule has 1 aromatic heterocycles. The van der Waals surface area contributed by atoms with E-state index in [1.165, 1.54) is 0 Å². The zero-order chi connectivity index (χ0) is 16.8. The molecule has 1 aliphatic heterocycles. The summed E-state index contributed by atoms with van der Waals surface area (Å²) in [4.78, 5) is 23.3. The van der Waals surface area contributed by atoms with E-state index in [1.54, 1.807) is 14.2 Å². The Labute approximate surface area is 137 Å². The van der Waals surface area contributed by atoms with E-state index in [2.05, 4.69) is 20.2 Å². The van der Waals surface area contributed by atoms with Crippen molar-refractivity contribution in [3.63, 3.8) is 0 Å². The topological polar surface area (TPSA) is 76.6 Å². The summed E-state index contributed by atoms with van der Waals surface area (Å²) in [5.74, 6) is 0.844. The van der Waals surface area contributed by atoms with Crippen LogP contribution in [0.25, 0.3) is 0 Å². The maximum atomic E-state index is 12.2. The van der Waals surface area contributed by atoms with Gasteiger partial charge < -0.3 is 19.7 Å². The van der Waals surface area contributed by atoms with Crippen LogP contribution >= 0.6 is 0 Å². The second-order valence-electron chi connectivity index (χ2n) is 5.86. The molecule has 1 N–H and O–H groups in total. The van der Waals surface area contributed by atoms with Gasteiger partial charge in [0.05, 0.1) is 6.54 Å². The fraction of sp³-hybridized carbons (Fsp3) is 0.688. The molecule has 7 nitrogen and oxygen atoms in total. The standard InChI is InChI=1S/C16H26N4O3/c1-11-9-12(2)19-16(18-11)20-7-5-13(6-8-20)15(21)17-10-14(22-3)23-4/h9,13-14H,5-8,10H2,1-4H3,(H,17,21). The van der Waals surface area contributed by atoms with Crippen molar-refractivity contribution in [2.45, 2.75) is 33.0 Å². The number of hydrogen-bond acceptors (Lipinski definition) is 6. The van der Waals surface area contributed by atoms with Gasteiger partial charge >= 0.3 is 0 Å². The summed E-state index contributed by atoms with van der Waals surface area (Å²) < 4.78 is 10.1. The lowest BCUT2D eigenvalue weighted by atomic mass is 9.96. The molecule has 2 heterocycles. The lowest BCUT2D eigenvalue weighted by Gasteiger charge is -2.31. The second kappa shape index (κ2) is 8.21. The SMILES string of the molecule is COC(CNC(=O)C1CCN(c2nc(C)cc(C)n2)CC1)OC. The predicted octanol–water partition coefficient (Wildman–Crippen LogP) is 1.04. The fourth-order valence-electron chi connectivity index (χ4n) is 2.78. The summed E-state index contributed by atoms with van der Waals surface area (Å²) in [6, 6.07) is 1.96. The Morgan fingerprint density at radius 1 is 1.26 bits per heavy atom. The lowest BCUT2D eigenvalue weighted by molar-refractivity contribution is -0.131. The zero-order valence-corrected chi connectivity index (χ0v) is 14.3. The molecule has 128 valence electrons. The molecule has 0 aromatic carbocycles. The van der Waals surface area contributed by atoms with Gasteiger partial charge in [-0.1, -0.05) is 0 Å². The van der Waals surface area contributed by atoms with Gasteiger partial charge in [0.2, 0.25) is 11.9 Å². The summed E-state index contributed by atoms with van der Waals surface area (Å²) in [6.45, 7) is 5.89. The normalized spacial score (nSPS) is 16.0. The minimum atomic E-state index is -0.400. The van der Waals surface area contributed by atoms with Crippen LogP contribution in [0, 0.1) is 19.8 Å². The van der Waals surface area contributed by atoms with Gasteiger partial charge in [0.1, 0.15) is 0 Å². The van der Waals surface area contributed by atoms with Crippen molar-refractivity contribution in [3.05, 3.63) is 17.5 Å². The third-order valence-corrected chi connectivity index (χ3v) is 4.09. The Balaban J connectivity index is 1.84. The monoisotopic (exact) mass is 322 g/mol. The van der Waals surface area contributed by atoms with E-state index < -0.39 is 6.29 Å². The molecule has 0 spiro atoms. The minimum Gasteiger partial charge on any atom is -0.354 e. The number of rotatable bonds is 6. The molecule has 0 radical (unpaired) electrons. The summed E-state index contributed by atoms with van der Waals surface area (Å²) in [6.07, 6.45) is 1.20. The number of ether oxygens (including phenoxy) is 2. The van der Waals surface area contributed by atoms with Crippen LogP contribution in [0.5, 0.6) is 0 Å². The average molecular weight is 322 g/mol. The molecule has 0 bridgehead atoms. The first-order valence-electron chi connectivity index (χ1n) is 7.94. The third kappa shape index (κ3) is 4.87. The van der Waals surface area contributed by atoms with Crippen LogP contribution in [0.15, 0.2) is 6.07 Å². The number of amides is 1. The Morgan fingerprint density at radius 3 is 2.35 bits per heavy atom. The van der Waals surface area contributed by atoms with Crippen LogP contribution in [-0.2, 0) is 14.3 Å². The van der Waals surface area contributed by atoms with Crippen molar-refractivity contribution in [3.8, 4) is 0 Å². The van der Waals surface area contributed by atoms with Gasteiger partial charge in [-0.3, -0.25) is 4.79 Å². The number of methoxy groups -OCH3 is 2. The Morgan fingerprint density at radius 2 is 1.83 bits per heavy atom. The van der Waals surface area contributed by atoms with Gasteiger partial charge in [-0.25, -0.2) is 9.97 Å². The van der Waals surface area contributed by atoms with Gasteiger partial charge in [0, 0.05) is 44.6 Å². The Kier molecular flexibility index (Phi) is 6.29. The number of nitrogens with zero attached hydrogens (tertiary/aromatic N) is 3. The molecule has 2 rings (SSSR count). The fourth-order valence-corrected chi connectivity index (χ4v) is 2.78. The maximum absolute atomic E-state index is 12.2. The van der Waals surface area contributed by atoms with Crippen molar-refractivity contribution >= 4 is 11.9 Å². The van der Waals surface area contributed by atoms with Gasteiger partial charge in [0.15, 0.2) is 6.29 Å². The highest BCUT2D eigenvalue weighted by molar-refractivity contribution is 5.78. The van der Waals surface area contributed by atoms with E-state index in [-0.39, 0.29) is 11.8 Å². The highest BCUT2D eigenvalue weighted by Crippen LogP contribution is 2.21. The predicted molar refractivity (Wildman–Crippen MR) is 87.3 cm³/mol. The van der Waals surface area contributed by atoms with Crippen LogP contribution in [0.4, 0.5) is 5.95 Å². The highest BCUT2D eigenvalue weighted by Gasteiger charge is 2.26. The van der Waals surface area contributed by atoms with Gasteiger partial charge in [0.25, 0.3) is 0 Å². The van der Waals surface area contributed by atoms with Gasteiger partial charge in [-0.05, 0) is 32.8 Å². The van der Waals surface area contributed by atoms with E-state index in [0.717, 1.165) is 43.3 Å². The van der Waals surface area contributed by atoms with Crippen molar-refractivity contribution < 1.29 is 14.3 Å². The smallest absolute Gasteiger partial charge is 0.225 e. The van der Waals surface area contributed by atoms with Crippen LogP contribution in [-0.4, -0.2) is 56.0 Å². The van der Waals surface area contributed by atoms with E-state index in [4.69, 9.17) is 9.47 Å². The number of anilines is 1. The quantitative estimate of drug-likeness (QED) is 0.789. The molecule has 1 aromatic rings. The van der Waals surface area contributed by atoms with E-state index >= 15 is 0 Å². The molecule has 0 saturated carbocycles. The van der Waals surface area contributed by atoms with Crippen molar-refractivity contribution in [2.24, 2.45) is 5.92 Å². The minimum absolute atomic E-state index is 0.0199. The zero-order valence-electron chi connectivity index (χ0n) is 14.3. The summed E-state index contributed by atoms with van der Waals surface area (Å²) in [5, 5.41) is 2.89. The molecule has 0 atom stereocenters. The largest absolute Gasteiger partial charge is 0.354 e. The Bertz CT molecular complexity index is 506. The highest BCUT2D eigenvalue weighted by atomic mass is 16.7. The number of piperidine rings is 1. The molecular weight excluding hydrogens is 296 g/mol. The average Bonchev–Trinajstić information content (AvgIpc) is 2.55. The van der Waals surface area contributed by atoms with Crippen molar-refractivity contribution in [1.29, 1.82) is 0 Å². The first-order chi connectivity index (χ1) is 11.0. The van der Waals surface area contributed by atoms with Gasteiger partial charge in [-0.15, -0.1) is 0 Å². The maximum Gasteiger partial charge on any atom is 0.225 e. The number of carbonyl (C=O) groups is 1. The molecule has 1 amide bonds. The van der Waals surface area contributed by atoms with Crippen LogP contribution in [0.2, 0.25) is 0 Å². The summed E-state index contributed by atoms with van der Waals surface area (Å²) >= 11 is 0. The number of hydrogen-bond donors (Lipinski definition) is 1. The van der Waals surface area contributed by atoms with E-state index in [9.17, 15) is 4.79 Å². The lowest BCUT2D eigenvalue weighted by Crippen LogP contribution is -2.43. The van der Waals surface area contributed by atoms with Crippen molar-refractivity contribution in [1.82, 2.24) is 15.3 Å². The number of aromatic nitrogens is 2. The summed E-state index contributed by atoms with van der Waals surface area (Å²) in [7, 11) is 3.12. The Hall–Kier alpha value is -1.73. The van der Waals surface area contributed by atoms with Crippen LogP contribution in [0.1, 0.15) is 24.2 Å². The molecule has 0 unspecified atom stereocenters. The molecule has 1 saturated heterocycles. The number of nitrogens with one attached hydrogen (secondary N) is 1. The molecule has 7 heteroatoms. The van der Waals surface area contributed by atoms with E-state index in [1.807, 2.05) is 19.9 Å². The molecule has 1 aliphatic rings. The van der Waals surface area contributed by atoms with Gasteiger partial charge in [-0.2, -0.15) is 0 Å². The number of aryl methyl sites for hydroxylation is 2. The molecule has 23 heavy (non-hydrogen) atoms. The van der Waals surface area contributed by atoms with Crippen LogP contribution < -0.4 is 10.2 Å². The second-order valence-corrected chi connectivity index (χ2v) is 5.86. The first kappa shape index (κ1) is 17.6. The number of carbonyl (C=O) groups excluding carboxylic acids is 1. The molecular formula is C16H26N4O3. The van der Waals surface area contributed by atoms with Crippen molar-refractivity contribution in [2.75, 3.05) is 38.8 Å². The first-order valence-corrected chi connectivity index (χ1v) is 7.94. The molecule has 1 fully saturated rings. The third-order valence-electron chi connectivity index (χ3n) is 4.09.